The number of anilines is 4. The van der Waals surface area contributed by atoms with Crippen LogP contribution in [-0.2, 0) is 37.8 Å². The molecule has 0 unspecified atom stereocenters. The van der Waals surface area contributed by atoms with Gasteiger partial charge in [-0.1, -0.05) is 12.1 Å². The number of hydrogen-bond donors (Lipinski definition) is 5. The van der Waals surface area contributed by atoms with E-state index in [4.69, 9.17) is 0 Å². The number of aromatic nitrogens is 8. The second-order valence-electron chi connectivity index (χ2n) is 19.3. The van der Waals surface area contributed by atoms with Gasteiger partial charge in [0.1, 0.15) is 0 Å². The molecule has 28 heteroatoms. The van der Waals surface area contributed by atoms with Crippen molar-refractivity contribution in [2.45, 2.75) is 32.1 Å². The topological polar surface area (TPSA) is 324 Å². The third-order valence-corrected chi connectivity index (χ3v) is 13.0. The molecule has 0 saturated carbocycles. The Hall–Kier alpha value is -9.02. The number of likely N-dealkylation sites (N-methyl/N-ethyl adjacent to an activating group) is 1. The SMILES string of the molecule is CN(C)CC(=O)Nc1cn(C)c(C(=O)Nc2cn(C)c(C(=O)Nc3cn(C)c(C(=O)Nc4cn(C)c(C(=O)CCCC(=O)NCCCN5CCN(CCCN6C(=O)c7cccc8cc([N+](=O)[O-])cc(c78)C6=O)CC5)n4)n3)n2)n1. The third kappa shape index (κ3) is 13.0. The molecular weight excluding hydrogens is 1010 g/mol. The van der Waals surface area contributed by atoms with Gasteiger partial charge in [-0.25, -0.2) is 19.9 Å². The van der Waals surface area contributed by atoms with Crippen LogP contribution < -0.4 is 26.6 Å². The van der Waals surface area contributed by atoms with Crippen LogP contribution in [0.3, 0.4) is 0 Å². The van der Waals surface area contributed by atoms with E-state index in [1.54, 1.807) is 65.4 Å². The summed E-state index contributed by atoms with van der Waals surface area (Å²) in [4.78, 5) is 140. The van der Waals surface area contributed by atoms with Crippen LogP contribution in [0.15, 0.2) is 55.1 Å². The van der Waals surface area contributed by atoms with Crippen LogP contribution in [0.4, 0.5) is 29.0 Å². The quantitative estimate of drug-likeness (QED) is 0.0202. The fraction of sp³-hybridized carbons (Fsp3) is 0.400. The number of Topliss-reactive ketones (excluding diaryl/α,β-unsaturated/α-hetero) is 1. The van der Waals surface area contributed by atoms with Crippen LogP contribution >= 0.6 is 0 Å². The van der Waals surface area contributed by atoms with Gasteiger partial charge in [-0.3, -0.25) is 53.4 Å². The molecule has 6 aromatic rings. The number of piperazine rings is 1. The van der Waals surface area contributed by atoms with E-state index in [9.17, 15) is 48.5 Å². The van der Waals surface area contributed by atoms with Gasteiger partial charge in [-0.15, -0.1) is 0 Å². The molecule has 410 valence electrons. The minimum Gasteiger partial charge on any atom is -0.356 e. The van der Waals surface area contributed by atoms with Crippen molar-refractivity contribution in [1.29, 1.82) is 0 Å². The van der Waals surface area contributed by atoms with Crippen LogP contribution in [0.5, 0.6) is 0 Å². The number of carbonyl (C=O) groups excluding carboxylic acids is 8. The number of imidazole rings is 4. The van der Waals surface area contributed by atoms with E-state index >= 15 is 0 Å². The van der Waals surface area contributed by atoms with Crippen LogP contribution in [0.25, 0.3) is 10.8 Å². The van der Waals surface area contributed by atoms with Gasteiger partial charge in [0.05, 0.1) is 17.0 Å². The molecule has 28 nitrogen and oxygen atoms in total. The first-order chi connectivity index (χ1) is 37.2. The largest absolute Gasteiger partial charge is 0.356 e. The molecule has 0 radical (unpaired) electrons. The highest BCUT2D eigenvalue weighted by atomic mass is 16.6. The second-order valence-corrected chi connectivity index (χ2v) is 19.3. The van der Waals surface area contributed by atoms with Gasteiger partial charge in [0, 0.05) is 128 Å². The van der Waals surface area contributed by atoms with E-state index in [1.807, 2.05) is 0 Å². The Morgan fingerprint density at radius 3 is 1.62 bits per heavy atom. The maximum absolute atomic E-state index is 13.4. The maximum Gasteiger partial charge on any atom is 0.292 e. The number of aryl methyl sites for hydroxylation is 4. The summed E-state index contributed by atoms with van der Waals surface area (Å²) in [6.07, 6.45) is 7.57. The first kappa shape index (κ1) is 55.2. The molecule has 2 aromatic carbocycles. The van der Waals surface area contributed by atoms with Crippen molar-refractivity contribution in [2.24, 2.45) is 28.2 Å². The zero-order valence-corrected chi connectivity index (χ0v) is 44.0. The number of ketones is 1. The van der Waals surface area contributed by atoms with E-state index in [0.29, 0.717) is 35.8 Å². The average Bonchev–Trinajstić information content (AvgIpc) is 4.32. The van der Waals surface area contributed by atoms with Crippen molar-refractivity contribution in [1.82, 2.24) is 63.1 Å². The molecule has 7 amide bonds. The van der Waals surface area contributed by atoms with Gasteiger partial charge in [0.2, 0.25) is 29.3 Å². The predicted octanol–water partition coefficient (Wildman–Crippen LogP) is 2.10. The molecule has 5 N–H and O–H groups in total. The number of amides is 7. The first-order valence-electron chi connectivity index (χ1n) is 25.1. The number of nitro groups is 1. The Morgan fingerprint density at radius 1 is 0.603 bits per heavy atom. The lowest BCUT2D eigenvalue weighted by molar-refractivity contribution is -0.384. The maximum atomic E-state index is 13.4. The summed E-state index contributed by atoms with van der Waals surface area (Å²) in [5, 5.41) is 25.8. The standard InChI is InChI=1S/C50H60N18O10/c1-60(2)29-40(71)52-35-25-62(4)43(54-35)46(72)58-37-27-64(6)45(56-37)48(74)59-38-28-63(5)44(55-38)47(73)57-36-26-61(3)42(53-36)34(69)13-8-14-39(70)51-15-9-16-65-19-21-66(22-20-65)17-10-18-67-49(75)32-12-7-11-30-23-31(68(77)78)24-33(41(30)32)50(67)76/h7,11-12,23-28H,8-10,13-22,29H2,1-6H3,(H,51,70)(H,52,71)(H,57,73)(H,58,72)(H,59,74). The molecule has 1 fully saturated rings. The summed E-state index contributed by atoms with van der Waals surface area (Å²) < 4.78 is 5.69. The average molecular weight is 1070 g/mol. The Bertz CT molecular complexity index is 3340. The van der Waals surface area contributed by atoms with E-state index in [2.05, 4.69) is 56.3 Å². The summed E-state index contributed by atoms with van der Waals surface area (Å²) in [6, 6.07) is 7.59. The molecule has 0 atom stereocenters. The van der Waals surface area contributed by atoms with E-state index in [1.165, 1.54) is 60.1 Å². The molecule has 2 aliphatic heterocycles. The van der Waals surface area contributed by atoms with Crippen molar-refractivity contribution >= 4 is 86.9 Å². The van der Waals surface area contributed by atoms with Crippen molar-refractivity contribution < 1.29 is 43.3 Å². The molecule has 0 bridgehead atoms. The normalized spacial score (nSPS) is 13.8. The minimum atomic E-state index is -0.688. The number of nitrogens with one attached hydrogen (secondary N) is 5. The van der Waals surface area contributed by atoms with E-state index in [-0.39, 0.29) is 108 Å². The fourth-order valence-electron chi connectivity index (χ4n) is 9.26. The van der Waals surface area contributed by atoms with Gasteiger partial charge in [-0.2, -0.15) is 0 Å². The Kier molecular flexibility index (Phi) is 16.9. The molecule has 78 heavy (non-hydrogen) atoms. The first-order valence-corrected chi connectivity index (χ1v) is 25.1. The molecule has 6 heterocycles. The van der Waals surface area contributed by atoms with Gasteiger partial charge >= 0.3 is 0 Å². The Labute approximate surface area is 446 Å². The van der Waals surface area contributed by atoms with Crippen LogP contribution in [0.2, 0.25) is 0 Å². The highest BCUT2D eigenvalue weighted by Crippen LogP contribution is 2.33. The summed E-state index contributed by atoms with van der Waals surface area (Å²) in [5.41, 5.74) is 0.330. The Morgan fingerprint density at radius 2 is 1.09 bits per heavy atom. The monoisotopic (exact) mass is 1070 g/mol. The predicted molar refractivity (Wildman–Crippen MR) is 283 cm³/mol. The summed E-state index contributed by atoms with van der Waals surface area (Å²) >= 11 is 0. The van der Waals surface area contributed by atoms with Crippen molar-refractivity contribution in [2.75, 3.05) is 94.3 Å². The minimum absolute atomic E-state index is 0.0132. The third-order valence-electron chi connectivity index (χ3n) is 13.0. The highest BCUT2D eigenvalue weighted by molar-refractivity contribution is 6.25. The number of imide groups is 1. The van der Waals surface area contributed by atoms with Crippen LogP contribution in [0, 0.1) is 10.1 Å². The molecule has 8 rings (SSSR count). The lowest BCUT2D eigenvalue weighted by atomic mass is 9.93. The highest BCUT2D eigenvalue weighted by Gasteiger charge is 2.34. The second kappa shape index (κ2) is 23.9. The molecule has 2 aliphatic rings. The van der Waals surface area contributed by atoms with Crippen LogP contribution in [0.1, 0.15) is 95.3 Å². The number of hydrogen-bond acceptors (Lipinski definition) is 17. The van der Waals surface area contributed by atoms with Crippen molar-refractivity contribution in [3.63, 3.8) is 0 Å². The summed E-state index contributed by atoms with van der Waals surface area (Å²) in [5.74, 6) is -3.46. The van der Waals surface area contributed by atoms with Gasteiger partial charge in [0.15, 0.2) is 34.9 Å². The number of nitro benzene ring substituents is 1. The van der Waals surface area contributed by atoms with Crippen molar-refractivity contribution in [3.8, 4) is 0 Å². The number of benzene rings is 2. The van der Waals surface area contributed by atoms with E-state index in [0.717, 1.165) is 39.1 Å². The molecular formula is C50H60N18O10. The number of rotatable bonds is 23. The molecule has 0 spiro atoms. The molecule has 1 saturated heterocycles. The van der Waals surface area contributed by atoms with Crippen LogP contribution in [-0.4, -0.2) is 183 Å². The molecule has 4 aromatic heterocycles. The Balaban J connectivity index is 0.708. The zero-order chi connectivity index (χ0) is 55.9. The fourth-order valence-corrected chi connectivity index (χ4v) is 9.26. The zero-order valence-electron chi connectivity index (χ0n) is 44.0. The van der Waals surface area contributed by atoms with Gasteiger partial charge in [0.25, 0.3) is 35.2 Å². The van der Waals surface area contributed by atoms with Crippen molar-refractivity contribution in [3.05, 3.63) is 99.7 Å². The molecule has 0 aliphatic carbocycles. The lowest BCUT2D eigenvalue weighted by Crippen LogP contribution is -2.48. The van der Waals surface area contributed by atoms with E-state index < -0.39 is 34.5 Å². The number of nitrogens with zero attached hydrogens (tertiary/aromatic N) is 13. The number of non-ortho nitro benzene ring substituents is 1. The smallest absolute Gasteiger partial charge is 0.292 e. The lowest BCUT2D eigenvalue weighted by Gasteiger charge is -2.35. The van der Waals surface area contributed by atoms with Gasteiger partial charge in [-0.05, 0) is 57.9 Å². The summed E-state index contributed by atoms with van der Waals surface area (Å²) in [7, 11) is 9.79. The summed E-state index contributed by atoms with van der Waals surface area (Å²) in [6.45, 7) is 5.49. The number of carbonyl (C=O) groups is 8. The van der Waals surface area contributed by atoms with Gasteiger partial charge < -0.3 is 59.6 Å².